The van der Waals surface area contributed by atoms with Crippen LogP contribution in [0.3, 0.4) is 0 Å². The van der Waals surface area contributed by atoms with Gasteiger partial charge in [0.15, 0.2) is 20.0 Å². The van der Waals surface area contributed by atoms with Crippen molar-refractivity contribution in [3.63, 3.8) is 0 Å². The number of ether oxygens (including phenoxy) is 5. The summed E-state index contributed by atoms with van der Waals surface area (Å²) in [6.45, 7) is 18.2. The minimum absolute atomic E-state index is 0.0608. The van der Waals surface area contributed by atoms with Crippen molar-refractivity contribution in [3.8, 4) is 0 Å². The van der Waals surface area contributed by atoms with Crippen LogP contribution in [-0.2, 0) is 47.3 Å². The second kappa shape index (κ2) is 18.2. The number of hydrogen-bond donors (Lipinski definition) is 3. The Kier molecular flexibility index (Phi) is 13.9. The van der Waals surface area contributed by atoms with Gasteiger partial charge in [-0.05, 0) is 76.0 Å². The fourth-order valence-corrected chi connectivity index (χ4v) is 13.7. The standard InChI is InChI=1S/C49H65NO14Si/c1-12-65(13-2,14-3)64-33-25-34-48(27-59-34,62-29(5)51)39-41(61-42(55)31-23-19-16-20-24-31)49(58)26-32(28(4)35(46(49,9)10)37(52)40(54)47(33,39)11)60-43(56)38(53)36(30-21-17-15-18-22-30)50-44(57)63-45(6,7)8/h15-24,32-34,36,38-39,41,53,58H,12-14,25-27H2,1-11H3,(H,50,57)/t32-,33-,34+,36-,38+,39-,41-,47+,48-,49+/m0/s1. The van der Waals surface area contributed by atoms with Crippen LogP contribution < -0.4 is 5.32 Å². The molecule has 1 heterocycles. The zero-order chi connectivity index (χ0) is 48.1. The molecule has 354 valence electrons. The van der Waals surface area contributed by atoms with E-state index in [0.717, 1.165) is 0 Å². The van der Waals surface area contributed by atoms with Gasteiger partial charge in [-0.3, -0.25) is 14.4 Å². The number of hydrogen-bond acceptors (Lipinski definition) is 14. The lowest BCUT2D eigenvalue weighted by Crippen LogP contribution is -2.82. The number of alkyl carbamates (subject to hydrolysis) is 1. The van der Waals surface area contributed by atoms with Crippen LogP contribution >= 0.6 is 0 Å². The average Bonchev–Trinajstić information content (AvgIpc) is 3.25. The maximum atomic E-state index is 15.7. The van der Waals surface area contributed by atoms with E-state index >= 15 is 9.59 Å². The minimum Gasteiger partial charge on any atom is -0.456 e. The van der Waals surface area contributed by atoms with E-state index in [-0.39, 0.29) is 29.7 Å². The number of amides is 1. The predicted octanol–water partition coefficient (Wildman–Crippen LogP) is 6.50. The van der Waals surface area contributed by atoms with E-state index in [0.29, 0.717) is 23.7 Å². The molecule has 4 aliphatic rings. The number of aliphatic hydroxyl groups excluding tert-OH is 1. The van der Waals surface area contributed by atoms with E-state index in [2.05, 4.69) is 5.32 Å². The Hall–Kier alpha value is -4.74. The first-order valence-corrected chi connectivity index (χ1v) is 25.1. The Morgan fingerprint density at radius 3 is 2.03 bits per heavy atom. The fraction of sp³-hybridized carbons (Fsp3) is 0.592. The quantitative estimate of drug-likeness (QED) is 0.0849. The number of carbonyl (C=O) groups is 6. The van der Waals surface area contributed by atoms with E-state index < -0.39 is 120 Å². The lowest BCUT2D eigenvalue weighted by Gasteiger charge is -2.67. The van der Waals surface area contributed by atoms with Crippen LogP contribution in [0.2, 0.25) is 18.1 Å². The molecule has 10 atom stereocenters. The minimum atomic E-state index is -2.61. The summed E-state index contributed by atoms with van der Waals surface area (Å²) in [5.41, 5.74) is -8.20. The molecule has 3 N–H and O–H groups in total. The van der Waals surface area contributed by atoms with Crippen LogP contribution in [0.1, 0.15) is 111 Å². The van der Waals surface area contributed by atoms with Crippen LogP contribution in [0.4, 0.5) is 4.79 Å². The molecule has 0 radical (unpaired) electrons. The Morgan fingerprint density at radius 1 is 0.923 bits per heavy atom. The van der Waals surface area contributed by atoms with Gasteiger partial charge < -0.3 is 43.6 Å². The van der Waals surface area contributed by atoms with Crippen molar-refractivity contribution in [1.82, 2.24) is 5.32 Å². The van der Waals surface area contributed by atoms with Gasteiger partial charge in [-0.2, -0.15) is 0 Å². The van der Waals surface area contributed by atoms with Crippen LogP contribution in [0.5, 0.6) is 0 Å². The van der Waals surface area contributed by atoms with Crippen LogP contribution in [-0.4, -0.2) is 108 Å². The lowest BCUT2D eigenvalue weighted by atomic mass is 9.45. The number of esters is 3. The first-order valence-electron chi connectivity index (χ1n) is 22.6. The van der Waals surface area contributed by atoms with Crippen LogP contribution in [0, 0.1) is 16.7 Å². The summed E-state index contributed by atoms with van der Waals surface area (Å²) in [6, 6.07) is 16.9. The molecule has 3 fully saturated rings. The van der Waals surface area contributed by atoms with Crippen molar-refractivity contribution in [2.75, 3.05) is 6.61 Å². The van der Waals surface area contributed by atoms with Gasteiger partial charge in [-0.1, -0.05) is 83.1 Å². The molecule has 1 amide bonds. The maximum Gasteiger partial charge on any atom is 0.408 e. The maximum absolute atomic E-state index is 15.7. The van der Waals surface area contributed by atoms with Crippen LogP contribution in [0.25, 0.3) is 0 Å². The second-order valence-corrected chi connectivity index (χ2v) is 24.5. The number of ketones is 2. The largest absolute Gasteiger partial charge is 0.456 e. The van der Waals surface area contributed by atoms with Gasteiger partial charge in [0.25, 0.3) is 0 Å². The van der Waals surface area contributed by atoms with Gasteiger partial charge in [0.05, 0.1) is 35.6 Å². The first-order chi connectivity index (χ1) is 30.4. The highest BCUT2D eigenvalue weighted by Gasteiger charge is 2.78. The summed E-state index contributed by atoms with van der Waals surface area (Å²) >= 11 is 0. The number of Topliss-reactive ketones (excluding diaryl/α,β-unsaturated/α-hetero) is 2. The molecular weight excluding hydrogens is 855 g/mol. The van der Waals surface area contributed by atoms with E-state index in [4.69, 9.17) is 28.1 Å². The highest BCUT2D eigenvalue weighted by molar-refractivity contribution is 6.73. The number of aliphatic hydroxyl groups is 2. The Labute approximate surface area is 382 Å². The molecule has 2 bridgehead atoms. The summed E-state index contributed by atoms with van der Waals surface area (Å²) in [4.78, 5) is 86.2. The van der Waals surface area contributed by atoms with Crippen molar-refractivity contribution in [1.29, 1.82) is 0 Å². The Balaban J connectivity index is 1.55. The molecular formula is C49H65NO14Si. The molecule has 6 rings (SSSR count). The first kappa shape index (κ1) is 49.7. The zero-order valence-electron chi connectivity index (χ0n) is 39.4. The molecule has 2 aromatic rings. The van der Waals surface area contributed by atoms with E-state index in [1.807, 2.05) is 20.8 Å². The normalized spacial score (nSPS) is 30.5. The van der Waals surface area contributed by atoms with Gasteiger partial charge in [0, 0.05) is 30.8 Å². The highest BCUT2D eigenvalue weighted by atomic mass is 28.4. The Bertz CT molecular complexity index is 2190. The molecule has 0 spiro atoms. The molecule has 1 saturated heterocycles. The third-order valence-corrected chi connectivity index (χ3v) is 19.3. The van der Waals surface area contributed by atoms with Gasteiger partial charge in [-0.25, -0.2) is 14.4 Å². The molecule has 15 nitrogen and oxygen atoms in total. The summed E-state index contributed by atoms with van der Waals surface area (Å²) in [5, 5.41) is 28.1. The highest BCUT2D eigenvalue weighted by Crippen LogP contribution is 2.64. The van der Waals surface area contributed by atoms with E-state index in [9.17, 15) is 29.4 Å². The molecule has 3 aliphatic carbocycles. The Morgan fingerprint density at radius 2 is 1.51 bits per heavy atom. The second-order valence-electron chi connectivity index (χ2n) is 19.8. The summed E-state index contributed by atoms with van der Waals surface area (Å²) in [7, 11) is -2.61. The summed E-state index contributed by atoms with van der Waals surface area (Å²) in [6.07, 6.45) is -8.60. The zero-order valence-corrected chi connectivity index (χ0v) is 40.4. The number of benzene rings is 2. The smallest absolute Gasteiger partial charge is 0.408 e. The van der Waals surface area contributed by atoms with Gasteiger partial charge >= 0.3 is 24.0 Å². The molecule has 65 heavy (non-hydrogen) atoms. The number of fused-ring (bicyclic) bond motifs is 5. The summed E-state index contributed by atoms with van der Waals surface area (Å²) < 4.78 is 37.7. The van der Waals surface area contributed by atoms with E-state index in [1.165, 1.54) is 26.0 Å². The predicted molar refractivity (Wildman–Crippen MR) is 239 cm³/mol. The number of nitrogens with one attached hydrogen (secondary N) is 1. The number of carbonyl (C=O) groups excluding carboxylic acids is 6. The molecule has 0 aromatic heterocycles. The van der Waals surface area contributed by atoms with Gasteiger partial charge in [-0.15, -0.1) is 0 Å². The molecule has 2 aromatic carbocycles. The van der Waals surface area contributed by atoms with Crippen molar-refractivity contribution in [2.45, 2.75) is 160 Å². The average molecular weight is 920 g/mol. The van der Waals surface area contributed by atoms with Gasteiger partial charge in [0.1, 0.15) is 29.5 Å². The van der Waals surface area contributed by atoms with E-state index in [1.54, 1.807) is 90.1 Å². The fourth-order valence-electron chi connectivity index (χ4n) is 10.8. The molecule has 16 heteroatoms. The van der Waals surface area contributed by atoms with Crippen molar-refractivity contribution < 1.29 is 67.1 Å². The van der Waals surface area contributed by atoms with Gasteiger partial charge in [0.2, 0.25) is 11.6 Å². The van der Waals surface area contributed by atoms with Crippen LogP contribution in [0.15, 0.2) is 71.8 Å². The molecule has 2 saturated carbocycles. The van der Waals surface area contributed by atoms with Crippen molar-refractivity contribution in [3.05, 3.63) is 82.9 Å². The third-order valence-electron chi connectivity index (χ3n) is 14.7. The monoisotopic (exact) mass is 919 g/mol. The third kappa shape index (κ3) is 8.72. The topological polar surface area (TPSA) is 210 Å². The SMILES string of the molecule is CC[Si](CC)(CC)O[C@H]1C[C@H]2OC[C@@]2(OC(C)=O)[C@H]2[C@H](OC(=O)c3ccccc3)[C@]3(O)C[C@H](OC(=O)[C@H](O)[C@@H](NC(=O)OC(C)(C)C)c4ccccc4)C(C)=C(C(=O)C(=O)[C@]12C)C3(C)C. The lowest BCUT2D eigenvalue weighted by molar-refractivity contribution is -0.342. The molecule has 1 aliphatic heterocycles. The number of rotatable bonds is 13. The summed E-state index contributed by atoms with van der Waals surface area (Å²) in [5.74, 6) is -6.21. The molecule has 0 unspecified atom stereocenters. The van der Waals surface area contributed by atoms with Crippen molar-refractivity contribution >= 4 is 43.9 Å². The van der Waals surface area contributed by atoms with Crippen molar-refractivity contribution in [2.24, 2.45) is 16.7 Å².